The third kappa shape index (κ3) is 4.84. The van der Waals surface area contributed by atoms with E-state index in [1.807, 2.05) is 23.1 Å². The maximum Gasteiger partial charge on any atom is 0.417 e. The number of rotatable bonds is 5. The lowest BCUT2D eigenvalue weighted by molar-refractivity contribution is -0.138. The molecular formula is C25H28F3N3O2. The van der Waals surface area contributed by atoms with Gasteiger partial charge in [0.15, 0.2) is 0 Å². The van der Waals surface area contributed by atoms with Gasteiger partial charge in [-0.1, -0.05) is 26.0 Å². The minimum atomic E-state index is -4.57. The van der Waals surface area contributed by atoms with E-state index >= 15 is 0 Å². The monoisotopic (exact) mass is 459 g/mol. The van der Waals surface area contributed by atoms with E-state index in [-0.39, 0.29) is 11.5 Å². The summed E-state index contributed by atoms with van der Waals surface area (Å²) in [5.74, 6) is -0.00181. The first-order valence-corrected chi connectivity index (χ1v) is 11.3. The van der Waals surface area contributed by atoms with Crippen LogP contribution in [-0.4, -0.2) is 54.3 Å². The van der Waals surface area contributed by atoms with Crippen LogP contribution in [0.5, 0.6) is 0 Å². The van der Waals surface area contributed by atoms with E-state index in [0.717, 1.165) is 35.8 Å². The highest BCUT2D eigenvalue weighted by Gasteiger charge is 2.36. The zero-order valence-electron chi connectivity index (χ0n) is 18.9. The number of anilines is 1. The highest BCUT2D eigenvalue weighted by molar-refractivity contribution is 5.99. The molecule has 1 saturated heterocycles. The number of nitrogens with zero attached hydrogens (tertiary/aromatic N) is 3. The zero-order chi connectivity index (χ0) is 23.8. The quantitative estimate of drug-likeness (QED) is 0.653. The third-order valence-electron chi connectivity index (χ3n) is 6.34. The minimum absolute atomic E-state index is 0.0657. The number of hydrogen-bond donors (Lipinski definition) is 0. The van der Waals surface area contributed by atoms with E-state index in [1.54, 1.807) is 0 Å². The number of hydrogen-bond acceptors (Lipinski definition) is 3. The Kier molecular flexibility index (Phi) is 6.36. The molecule has 0 N–H and O–H groups in total. The van der Waals surface area contributed by atoms with Gasteiger partial charge >= 0.3 is 6.18 Å². The average Bonchev–Trinajstić information content (AvgIpc) is 3.11. The second-order valence-corrected chi connectivity index (χ2v) is 9.07. The maximum atomic E-state index is 13.3. The molecule has 0 saturated carbocycles. The minimum Gasteiger partial charge on any atom is -0.368 e. The van der Waals surface area contributed by atoms with Crippen LogP contribution in [0.3, 0.4) is 0 Å². The van der Waals surface area contributed by atoms with Gasteiger partial charge in [0.2, 0.25) is 0 Å². The van der Waals surface area contributed by atoms with Crippen LogP contribution in [0.2, 0.25) is 0 Å². The van der Waals surface area contributed by atoms with E-state index in [9.17, 15) is 22.8 Å². The van der Waals surface area contributed by atoms with Crippen LogP contribution in [-0.2, 0) is 12.7 Å². The van der Waals surface area contributed by atoms with Gasteiger partial charge in [0.1, 0.15) is 0 Å². The first-order valence-electron chi connectivity index (χ1n) is 11.3. The second kappa shape index (κ2) is 9.08. The van der Waals surface area contributed by atoms with E-state index in [4.69, 9.17) is 0 Å². The zero-order valence-corrected chi connectivity index (χ0v) is 18.9. The first-order chi connectivity index (χ1) is 15.6. The standard InChI is InChI=1S/C25H28F3N3O2/c1-17(2)9-10-31-16-18-15-19(7-8-20(18)23(31)32)29-11-13-30(14-12-29)24(33)21-5-3-4-6-22(21)25(26,27)28/h3-8,15,17H,9-14,16H2,1-2H3. The molecule has 33 heavy (non-hydrogen) atoms. The molecule has 0 spiro atoms. The Labute approximate surface area is 191 Å². The number of alkyl halides is 3. The van der Waals surface area contributed by atoms with Gasteiger partial charge in [-0.3, -0.25) is 9.59 Å². The molecule has 2 aliphatic rings. The molecule has 0 radical (unpaired) electrons. The molecule has 1 fully saturated rings. The first kappa shape index (κ1) is 23.1. The summed E-state index contributed by atoms with van der Waals surface area (Å²) >= 11 is 0. The number of carbonyl (C=O) groups excluding carboxylic acids is 2. The van der Waals surface area contributed by atoms with Crippen molar-refractivity contribution >= 4 is 17.5 Å². The van der Waals surface area contributed by atoms with Gasteiger partial charge in [-0.25, -0.2) is 0 Å². The lowest BCUT2D eigenvalue weighted by atomic mass is 10.1. The summed E-state index contributed by atoms with van der Waals surface area (Å²) in [6.45, 7) is 7.31. The van der Waals surface area contributed by atoms with Gasteiger partial charge in [-0.2, -0.15) is 13.2 Å². The summed E-state index contributed by atoms with van der Waals surface area (Å²) in [6.07, 6.45) is -3.61. The highest BCUT2D eigenvalue weighted by Crippen LogP contribution is 2.33. The average molecular weight is 460 g/mol. The Morgan fingerprint density at radius 3 is 2.39 bits per heavy atom. The summed E-state index contributed by atoms with van der Waals surface area (Å²) in [6, 6.07) is 10.7. The molecule has 4 rings (SSSR count). The predicted octanol–water partition coefficient (Wildman–Crippen LogP) is 4.67. The van der Waals surface area contributed by atoms with Crippen molar-refractivity contribution in [1.29, 1.82) is 0 Å². The third-order valence-corrected chi connectivity index (χ3v) is 6.34. The molecule has 176 valence electrons. The Bertz CT molecular complexity index is 1040. The second-order valence-electron chi connectivity index (χ2n) is 9.07. The molecule has 2 heterocycles. The fourth-order valence-corrected chi connectivity index (χ4v) is 4.41. The van der Waals surface area contributed by atoms with E-state index < -0.39 is 17.6 Å². The fourth-order valence-electron chi connectivity index (χ4n) is 4.41. The Balaban J connectivity index is 1.41. The van der Waals surface area contributed by atoms with Crippen LogP contribution in [0.4, 0.5) is 18.9 Å². The smallest absolute Gasteiger partial charge is 0.368 e. The fraction of sp³-hybridized carbons (Fsp3) is 0.440. The molecule has 2 amide bonds. The topological polar surface area (TPSA) is 43.9 Å². The van der Waals surface area contributed by atoms with Crippen molar-refractivity contribution in [2.24, 2.45) is 5.92 Å². The molecule has 5 nitrogen and oxygen atoms in total. The summed E-state index contributed by atoms with van der Waals surface area (Å²) < 4.78 is 39.9. The van der Waals surface area contributed by atoms with E-state index in [2.05, 4.69) is 18.7 Å². The molecule has 0 unspecified atom stereocenters. The van der Waals surface area contributed by atoms with Crippen molar-refractivity contribution < 1.29 is 22.8 Å². The van der Waals surface area contributed by atoms with Crippen LogP contribution in [0.1, 0.15) is 52.1 Å². The molecule has 0 bridgehead atoms. The van der Waals surface area contributed by atoms with Crippen molar-refractivity contribution in [2.75, 3.05) is 37.6 Å². The summed E-state index contributed by atoms with van der Waals surface area (Å²) in [5, 5.41) is 0. The molecule has 2 aromatic rings. The highest BCUT2D eigenvalue weighted by atomic mass is 19.4. The SMILES string of the molecule is CC(C)CCN1Cc2cc(N3CCN(C(=O)c4ccccc4C(F)(F)F)CC3)ccc2C1=O. The van der Waals surface area contributed by atoms with Gasteiger partial charge in [0, 0.05) is 50.5 Å². The Morgan fingerprint density at radius 2 is 1.73 bits per heavy atom. The lowest BCUT2D eigenvalue weighted by Crippen LogP contribution is -2.49. The number of halogens is 3. The van der Waals surface area contributed by atoms with Crippen LogP contribution in [0.25, 0.3) is 0 Å². The summed E-state index contributed by atoms with van der Waals surface area (Å²) in [4.78, 5) is 30.9. The molecule has 0 atom stereocenters. The van der Waals surface area contributed by atoms with Crippen molar-refractivity contribution in [3.8, 4) is 0 Å². The molecule has 2 aromatic carbocycles. The lowest BCUT2D eigenvalue weighted by Gasteiger charge is -2.36. The Morgan fingerprint density at radius 1 is 1.03 bits per heavy atom. The number of carbonyl (C=O) groups is 2. The van der Waals surface area contributed by atoms with E-state index in [1.165, 1.54) is 23.1 Å². The maximum absolute atomic E-state index is 13.3. The summed E-state index contributed by atoms with van der Waals surface area (Å²) in [5.41, 5.74) is 1.49. The van der Waals surface area contributed by atoms with Crippen molar-refractivity contribution in [1.82, 2.24) is 9.80 Å². The molecule has 2 aliphatic heterocycles. The van der Waals surface area contributed by atoms with Gasteiger partial charge < -0.3 is 14.7 Å². The van der Waals surface area contributed by atoms with E-state index in [0.29, 0.717) is 38.6 Å². The largest absolute Gasteiger partial charge is 0.417 e. The van der Waals surface area contributed by atoms with Gasteiger partial charge in [-0.15, -0.1) is 0 Å². The van der Waals surface area contributed by atoms with Crippen molar-refractivity contribution in [3.05, 3.63) is 64.7 Å². The van der Waals surface area contributed by atoms with Gasteiger partial charge in [0.25, 0.3) is 11.8 Å². The van der Waals surface area contributed by atoms with Crippen molar-refractivity contribution in [2.45, 2.75) is 33.0 Å². The molecule has 0 aromatic heterocycles. The van der Waals surface area contributed by atoms with Gasteiger partial charge in [0.05, 0.1) is 11.1 Å². The summed E-state index contributed by atoms with van der Waals surface area (Å²) in [7, 11) is 0. The number of fused-ring (bicyclic) bond motifs is 1. The molecule has 0 aliphatic carbocycles. The predicted molar refractivity (Wildman–Crippen MR) is 120 cm³/mol. The molecule has 8 heteroatoms. The van der Waals surface area contributed by atoms with Crippen LogP contribution in [0, 0.1) is 5.92 Å². The van der Waals surface area contributed by atoms with Crippen molar-refractivity contribution in [3.63, 3.8) is 0 Å². The number of amides is 2. The molecular weight excluding hydrogens is 431 g/mol. The van der Waals surface area contributed by atoms with Crippen LogP contribution in [0.15, 0.2) is 42.5 Å². The van der Waals surface area contributed by atoms with Crippen LogP contribution >= 0.6 is 0 Å². The van der Waals surface area contributed by atoms with Gasteiger partial charge in [-0.05, 0) is 48.2 Å². The number of piperazine rings is 1. The Hall–Kier alpha value is -3.03. The number of benzene rings is 2. The van der Waals surface area contributed by atoms with Crippen LogP contribution < -0.4 is 4.90 Å². The normalized spacial score (nSPS) is 16.5.